The Morgan fingerprint density at radius 1 is 0.922 bits per heavy atom. The predicted molar refractivity (Wildman–Crippen MR) is 184 cm³/mol. The summed E-state index contributed by atoms with van der Waals surface area (Å²) in [4.78, 5) is 63.8. The van der Waals surface area contributed by atoms with Gasteiger partial charge in [-0.3, -0.25) is 19.3 Å². The number of Topliss-reactive ketones (excluding diaryl/α,β-unsaturated/α-hetero) is 1. The number of ketones is 1. The molecule has 0 spiro atoms. The lowest BCUT2D eigenvalue weighted by molar-refractivity contribution is -0.156. The fraction of sp³-hybridized carbons (Fsp3) is 0.364. The number of ether oxygens (including phenoxy) is 4. The highest BCUT2D eigenvalue weighted by Crippen LogP contribution is 2.29. The normalized spacial score (nSPS) is 12.0. The molecule has 0 aliphatic heterocycles. The van der Waals surface area contributed by atoms with Crippen LogP contribution in [0.1, 0.15) is 67.0 Å². The zero-order valence-corrected chi connectivity index (χ0v) is 30.4. The second kappa shape index (κ2) is 18.0. The van der Waals surface area contributed by atoms with Gasteiger partial charge in [0, 0.05) is 16.1 Å². The molecule has 0 fully saturated rings. The zero-order chi connectivity index (χ0) is 37.9. The van der Waals surface area contributed by atoms with E-state index < -0.39 is 83.3 Å². The van der Waals surface area contributed by atoms with Crippen molar-refractivity contribution in [1.82, 2.24) is 4.90 Å². The van der Waals surface area contributed by atoms with Gasteiger partial charge in [0.15, 0.2) is 5.78 Å². The van der Waals surface area contributed by atoms with Crippen LogP contribution in [-0.4, -0.2) is 74.7 Å². The molecule has 1 heterocycles. The molecule has 1 aromatic heterocycles. The average Bonchev–Trinajstić information content (AvgIpc) is 3.57. The molecule has 1 atom stereocenters. The summed E-state index contributed by atoms with van der Waals surface area (Å²) in [5.74, 6) is -2.53. The number of halogens is 2. The van der Waals surface area contributed by atoms with Crippen molar-refractivity contribution < 1.29 is 55.8 Å². The Labute approximate surface area is 304 Å². The maximum absolute atomic E-state index is 13.0. The van der Waals surface area contributed by atoms with Gasteiger partial charge in [-0.05, 0) is 64.1 Å². The van der Waals surface area contributed by atoms with Crippen LogP contribution < -0.4 is 10.5 Å². The number of nitrogens with zero attached hydrogens (tertiary/aromatic N) is 1. The molecular weight excluding hydrogens is 733 g/mol. The van der Waals surface area contributed by atoms with Gasteiger partial charge in [-0.25, -0.2) is 23.1 Å². The first-order valence-corrected chi connectivity index (χ1v) is 17.6. The number of esters is 3. The van der Waals surface area contributed by atoms with Crippen molar-refractivity contribution in [1.29, 1.82) is 0 Å². The Morgan fingerprint density at radius 2 is 1.59 bits per heavy atom. The maximum Gasteiger partial charge on any atom is 0.413 e. The average molecular weight is 771 g/mol. The van der Waals surface area contributed by atoms with Gasteiger partial charge in [0.25, 0.3) is 0 Å². The SMILES string of the molecule is CC(C(=O)c1cccc(Cl)c1)N(C(=O)OCOC(=O)CCC(=O)OCCOC(=O)c1cc(S(N)(=O)=O)c(Cl)cc1NCc1ccco1)C(C)(C)C. The molecule has 1 unspecified atom stereocenters. The van der Waals surface area contributed by atoms with Gasteiger partial charge in [-0.1, -0.05) is 35.3 Å². The van der Waals surface area contributed by atoms with Crippen LogP contribution in [0.2, 0.25) is 10.0 Å². The topological polar surface area (TPSA) is 211 Å². The number of amides is 1. The van der Waals surface area contributed by atoms with Crippen molar-refractivity contribution in [3.8, 4) is 0 Å². The van der Waals surface area contributed by atoms with Gasteiger partial charge < -0.3 is 28.7 Å². The number of furan rings is 1. The first-order chi connectivity index (χ1) is 23.9. The molecule has 2 aromatic carbocycles. The van der Waals surface area contributed by atoms with Gasteiger partial charge in [0.2, 0.25) is 16.8 Å². The molecule has 3 aromatic rings. The zero-order valence-electron chi connectivity index (χ0n) is 28.1. The third-order valence-corrected chi connectivity index (χ3v) is 8.55. The maximum atomic E-state index is 13.0. The molecule has 0 saturated heterocycles. The summed E-state index contributed by atoms with van der Waals surface area (Å²) in [7, 11) is -4.29. The van der Waals surface area contributed by atoms with Gasteiger partial charge in [0.1, 0.15) is 23.9 Å². The van der Waals surface area contributed by atoms with E-state index in [-0.39, 0.29) is 28.6 Å². The minimum Gasteiger partial charge on any atom is -0.467 e. The Balaban J connectivity index is 1.44. The minimum absolute atomic E-state index is 0.126. The van der Waals surface area contributed by atoms with E-state index in [1.807, 2.05) is 0 Å². The molecule has 15 nitrogen and oxygen atoms in total. The first kappa shape index (κ1) is 40.8. The Hall–Kier alpha value is -4.64. The first-order valence-electron chi connectivity index (χ1n) is 15.2. The summed E-state index contributed by atoms with van der Waals surface area (Å²) in [6.45, 7) is 5.19. The van der Waals surface area contributed by atoms with Crippen LogP contribution in [0.5, 0.6) is 0 Å². The Morgan fingerprint density at radius 3 is 2.20 bits per heavy atom. The molecule has 0 aliphatic rings. The molecule has 276 valence electrons. The summed E-state index contributed by atoms with van der Waals surface area (Å²) < 4.78 is 49.3. The highest BCUT2D eigenvalue weighted by atomic mass is 35.5. The number of carbonyl (C=O) groups is 5. The van der Waals surface area contributed by atoms with E-state index in [0.29, 0.717) is 16.3 Å². The highest BCUT2D eigenvalue weighted by molar-refractivity contribution is 7.89. The van der Waals surface area contributed by atoms with E-state index in [1.165, 1.54) is 30.2 Å². The second-order valence-corrected chi connectivity index (χ2v) is 14.2. The quantitative estimate of drug-likeness (QED) is 0.0621. The lowest BCUT2D eigenvalue weighted by atomic mass is 9.98. The van der Waals surface area contributed by atoms with Crippen LogP contribution in [0, 0.1) is 0 Å². The number of nitrogens with one attached hydrogen (secondary N) is 1. The molecule has 0 bridgehead atoms. The summed E-state index contributed by atoms with van der Waals surface area (Å²) in [6, 6.07) is 10.8. The molecule has 3 N–H and O–H groups in total. The largest absolute Gasteiger partial charge is 0.467 e. The standard InChI is InChI=1S/C33H37Cl2N3O12S/c1-20(30(41)21-7-5-8-22(34)15-21)38(33(2,3)4)32(43)50-19-49-29(40)11-10-28(39)47-13-14-48-31(42)24-16-27(51(36,44)45)25(35)17-26(24)37-18-23-9-6-12-46-23/h5-9,12,15-17,20,37H,10-11,13-14,18-19H2,1-4H3,(H2,36,44,45). The van der Waals surface area contributed by atoms with Crippen molar-refractivity contribution >= 4 is 68.7 Å². The number of nitrogens with two attached hydrogens (primary N) is 1. The molecule has 0 aliphatic carbocycles. The number of hydrogen-bond donors (Lipinski definition) is 2. The Bertz CT molecular complexity index is 1840. The van der Waals surface area contributed by atoms with E-state index in [2.05, 4.69) is 5.32 Å². The summed E-state index contributed by atoms with van der Waals surface area (Å²) >= 11 is 12.1. The monoisotopic (exact) mass is 769 g/mol. The minimum atomic E-state index is -4.29. The van der Waals surface area contributed by atoms with Crippen molar-refractivity contribution in [3.05, 3.63) is 81.7 Å². The number of primary sulfonamides is 1. The summed E-state index contributed by atoms with van der Waals surface area (Å²) in [5.41, 5.74) is -0.633. The molecule has 0 saturated carbocycles. The number of anilines is 1. The number of carbonyl (C=O) groups excluding carboxylic acids is 5. The molecular formula is C33H37Cl2N3O12S. The highest BCUT2D eigenvalue weighted by Gasteiger charge is 2.36. The predicted octanol–water partition coefficient (Wildman–Crippen LogP) is 5.34. The van der Waals surface area contributed by atoms with Crippen molar-refractivity contribution in [2.24, 2.45) is 5.14 Å². The van der Waals surface area contributed by atoms with Crippen molar-refractivity contribution in [2.45, 2.75) is 63.6 Å². The van der Waals surface area contributed by atoms with Gasteiger partial charge in [0.05, 0.1) is 48.0 Å². The van der Waals surface area contributed by atoms with Crippen molar-refractivity contribution in [3.63, 3.8) is 0 Å². The van der Waals surface area contributed by atoms with Gasteiger partial charge in [-0.15, -0.1) is 0 Å². The Kier molecular flexibility index (Phi) is 14.4. The summed E-state index contributed by atoms with van der Waals surface area (Å²) in [5, 5.41) is 8.25. The van der Waals surface area contributed by atoms with E-state index in [1.54, 1.807) is 51.1 Å². The van der Waals surface area contributed by atoms with E-state index in [0.717, 1.165) is 6.07 Å². The van der Waals surface area contributed by atoms with E-state index >= 15 is 0 Å². The van der Waals surface area contributed by atoms with E-state index in [9.17, 15) is 32.4 Å². The number of hydrogen-bond acceptors (Lipinski definition) is 13. The molecule has 3 rings (SSSR count). The van der Waals surface area contributed by atoms with Crippen LogP contribution in [0.15, 0.2) is 64.1 Å². The van der Waals surface area contributed by atoms with Crippen LogP contribution in [0.4, 0.5) is 10.5 Å². The fourth-order valence-electron chi connectivity index (χ4n) is 4.63. The van der Waals surface area contributed by atoms with Crippen LogP contribution >= 0.6 is 23.2 Å². The second-order valence-electron chi connectivity index (χ2n) is 11.8. The van der Waals surface area contributed by atoms with Gasteiger partial charge in [-0.2, -0.15) is 0 Å². The fourth-order valence-corrected chi connectivity index (χ4v) is 5.92. The molecule has 1 amide bonds. The number of sulfonamides is 1. The van der Waals surface area contributed by atoms with Gasteiger partial charge >= 0.3 is 24.0 Å². The molecule has 18 heteroatoms. The lowest BCUT2D eigenvalue weighted by Gasteiger charge is -2.38. The van der Waals surface area contributed by atoms with Crippen molar-refractivity contribution in [2.75, 3.05) is 25.3 Å². The van der Waals surface area contributed by atoms with Crippen LogP contribution in [-0.2, 0) is 45.1 Å². The van der Waals surface area contributed by atoms with Crippen LogP contribution in [0.3, 0.4) is 0 Å². The van der Waals surface area contributed by atoms with Crippen LogP contribution in [0.25, 0.3) is 0 Å². The number of rotatable bonds is 16. The third-order valence-electron chi connectivity index (χ3n) is 6.94. The molecule has 51 heavy (non-hydrogen) atoms. The third kappa shape index (κ3) is 12.3. The molecule has 0 radical (unpaired) electrons. The lowest BCUT2D eigenvalue weighted by Crippen LogP contribution is -2.53. The number of benzene rings is 2. The summed E-state index contributed by atoms with van der Waals surface area (Å²) in [6.07, 6.45) is -0.291. The smallest absolute Gasteiger partial charge is 0.413 e. The van der Waals surface area contributed by atoms with E-state index in [4.69, 9.17) is 51.7 Å².